The Hall–Kier alpha value is -0.680. The zero-order valence-electron chi connectivity index (χ0n) is 9.20. The number of methoxy groups -OCH3 is 1. The smallest absolute Gasteiger partial charge is 0.222 e. The summed E-state index contributed by atoms with van der Waals surface area (Å²) in [7, 11) is 1.69. The van der Waals surface area contributed by atoms with Crippen molar-refractivity contribution in [3.63, 3.8) is 0 Å². The lowest BCUT2D eigenvalue weighted by molar-refractivity contribution is 0.171. The summed E-state index contributed by atoms with van der Waals surface area (Å²) in [6.45, 7) is 4.92. The number of rotatable bonds is 5. The molecule has 0 aliphatic carbocycles. The van der Waals surface area contributed by atoms with Crippen molar-refractivity contribution in [2.75, 3.05) is 19.0 Å². The van der Waals surface area contributed by atoms with E-state index in [4.69, 9.17) is 4.74 Å². The normalized spacial score (nSPS) is 12.9. The van der Waals surface area contributed by atoms with E-state index < -0.39 is 0 Å². The van der Waals surface area contributed by atoms with Gasteiger partial charge in [0.25, 0.3) is 0 Å². The predicted octanol–water partition coefficient (Wildman–Crippen LogP) is 2.32. The maximum atomic E-state index is 5.13. The first-order valence-corrected chi connectivity index (χ1v) is 5.65. The standard InChI is InChI=1S/C10H16BrN3O/c1-7(2)9(6-15-3)14-10-12-4-8(11)5-13-10/h4-5,7,9H,6H2,1-3H3,(H,12,13,14). The maximum Gasteiger partial charge on any atom is 0.222 e. The Morgan fingerprint density at radius 3 is 2.47 bits per heavy atom. The molecule has 0 amide bonds. The van der Waals surface area contributed by atoms with Gasteiger partial charge < -0.3 is 10.1 Å². The van der Waals surface area contributed by atoms with Crippen LogP contribution >= 0.6 is 15.9 Å². The number of nitrogens with one attached hydrogen (secondary N) is 1. The van der Waals surface area contributed by atoms with Crippen molar-refractivity contribution in [3.05, 3.63) is 16.9 Å². The second-order valence-corrected chi connectivity index (χ2v) is 4.59. The first-order chi connectivity index (χ1) is 7.13. The van der Waals surface area contributed by atoms with Gasteiger partial charge in [0.05, 0.1) is 17.1 Å². The third-order valence-corrected chi connectivity index (χ3v) is 2.50. The average Bonchev–Trinajstić information content (AvgIpc) is 2.20. The molecule has 15 heavy (non-hydrogen) atoms. The van der Waals surface area contributed by atoms with Crippen LogP contribution in [0.5, 0.6) is 0 Å². The molecular formula is C10H16BrN3O. The van der Waals surface area contributed by atoms with Gasteiger partial charge in [0.15, 0.2) is 0 Å². The van der Waals surface area contributed by atoms with Crippen LogP contribution in [0.2, 0.25) is 0 Å². The topological polar surface area (TPSA) is 47.0 Å². The van der Waals surface area contributed by atoms with Crippen LogP contribution < -0.4 is 5.32 Å². The highest BCUT2D eigenvalue weighted by atomic mass is 79.9. The number of nitrogens with zero attached hydrogens (tertiary/aromatic N) is 2. The molecule has 1 heterocycles. The third-order valence-electron chi connectivity index (χ3n) is 2.09. The molecular weight excluding hydrogens is 258 g/mol. The fourth-order valence-corrected chi connectivity index (χ4v) is 1.34. The SMILES string of the molecule is COCC(Nc1ncc(Br)cn1)C(C)C. The predicted molar refractivity (Wildman–Crippen MR) is 63.9 cm³/mol. The lowest BCUT2D eigenvalue weighted by Gasteiger charge is -2.21. The summed E-state index contributed by atoms with van der Waals surface area (Å²) in [4.78, 5) is 8.32. The second-order valence-electron chi connectivity index (χ2n) is 3.68. The number of halogens is 1. The van der Waals surface area contributed by atoms with Crippen molar-refractivity contribution in [3.8, 4) is 0 Å². The van der Waals surface area contributed by atoms with Gasteiger partial charge in [0.1, 0.15) is 0 Å². The fraction of sp³-hybridized carbons (Fsp3) is 0.600. The Bertz CT molecular complexity index is 289. The van der Waals surface area contributed by atoms with Crippen LogP contribution in [0.4, 0.5) is 5.95 Å². The molecule has 0 radical (unpaired) electrons. The minimum absolute atomic E-state index is 0.233. The van der Waals surface area contributed by atoms with Crippen LogP contribution in [-0.2, 0) is 4.74 Å². The van der Waals surface area contributed by atoms with Gasteiger partial charge in [-0.1, -0.05) is 13.8 Å². The number of ether oxygens (including phenoxy) is 1. The molecule has 0 aromatic carbocycles. The van der Waals surface area contributed by atoms with Gasteiger partial charge in [-0.05, 0) is 21.8 Å². The molecule has 0 fully saturated rings. The van der Waals surface area contributed by atoms with Gasteiger partial charge in [-0.3, -0.25) is 0 Å². The summed E-state index contributed by atoms with van der Waals surface area (Å²) in [6, 6.07) is 0.233. The van der Waals surface area contributed by atoms with E-state index in [0.717, 1.165) is 4.47 Å². The van der Waals surface area contributed by atoms with Gasteiger partial charge >= 0.3 is 0 Å². The Morgan fingerprint density at radius 1 is 1.40 bits per heavy atom. The monoisotopic (exact) mass is 273 g/mol. The van der Waals surface area contributed by atoms with Crippen molar-refractivity contribution < 1.29 is 4.74 Å². The summed E-state index contributed by atoms with van der Waals surface area (Å²) in [5.41, 5.74) is 0. The van der Waals surface area contributed by atoms with Crippen molar-refractivity contribution in [2.24, 2.45) is 5.92 Å². The van der Waals surface area contributed by atoms with Gasteiger partial charge in [-0.25, -0.2) is 9.97 Å². The molecule has 1 aromatic rings. The van der Waals surface area contributed by atoms with Crippen molar-refractivity contribution in [2.45, 2.75) is 19.9 Å². The van der Waals surface area contributed by atoms with Crippen LogP contribution in [0, 0.1) is 5.92 Å². The molecule has 84 valence electrons. The number of anilines is 1. The molecule has 0 aliphatic rings. The Kier molecular flexibility index (Phi) is 4.98. The summed E-state index contributed by atoms with van der Waals surface area (Å²) in [5, 5.41) is 3.24. The molecule has 0 saturated heterocycles. The Labute approximate surface area is 98.6 Å². The maximum absolute atomic E-state index is 5.13. The lowest BCUT2D eigenvalue weighted by Crippen LogP contribution is -2.31. The van der Waals surface area contributed by atoms with Crippen molar-refractivity contribution >= 4 is 21.9 Å². The van der Waals surface area contributed by atoms with E-state index in [9.17, 15) is 0 Å². The molecule has 1 aromatic heterocycles. The van der Waals surface area contributed by atoms with Crippen molar-refractivity contribution in [1.29, 1.82) is 0 Å². The van der Waals surface area contributed by atoms with E-state index >= 15 is 0 Å². The summed E-state index contributed by atoms with van der Waals surface area (Å²) in [5.74, 6) is 1.10. The largest absolute Gasteiger partial charge is 0.383 e. The third kappa shape index (κ3) is 4.13. The van der Waals surface area contributed by atoms with Gasteiger partial charge in [-0.15, -0.1) is 0 Å². The van der Waals surface area contributed by atoms with Crippen LogP contribution in [0.3, 0.4) is 0 Å². The molecule has 0 saturated carbocycles. The number of hydrogen-bond acceptors (Lipinski definition) is 4. The first-order valence-electron chi connectivity index (χ1n) is 4.86. The van der Waals surface area contributed by atoms with E-state index in [0.29, 0.717) is 18.5 Å². The van der Waals surface area contributed by atoms with E-state index in [-0.39, 0.29) is 6.04 Å². The highest BCUT2D eigenvalue weighted by Gasteiger charge is 2.13. The molecule has 1 atom stereocenters. The summed E-state index contributed by atoms with van der Waals surface area (Å²) < 4.78 is 6.01. The van der Waals surface area contributed by atoms with E-state index in [1.54, 1.807) is 19.5 Å². The number of hydrogen-bond donors (Lipinski definition) is 1. The highest BCUT2D eigenvalue weighted by Crippen LogP contribution is 2.11. The van der Waals surface area contributed by atoms with Gasteiger partial charge in [0, 0.05) is 19.5 Å². The van der Waals surface area contributed by atoms with Gasteiger partial charge in [-0.2, -0.15) is 0 Å². The van der Waals surface area contributed by atoms with Crippen LogP contribution in [0.15, 0.2) is 16.9 Å². The highest BCUT2D eigenvalue weighted by molar-refractivity contribution is 9.10. The molecule has 0 aliphatic heterocycles. The second kappa shape index (κ2) is 6.02. The quantitative estimate of drug-likeness (QED) is 0.895. The van der Waals surface area contributed by atoms with Crippen LogP contribution in [-0.4, -0.2) is 29.7 Å². The molecule has 1 rings (SSSR count). The van der Waals surface area contributed by atoms with Crippen LogP contribution in [0.25, 0.3) is 0 Å². The van der Waals surface area contributed by atoms with E-state index in [1.807, 2.05) is 0 Å². The lowest BCUT2D eigenvalue weighted by atomic mass is 10.1. The molecule has 0 bridgehead atoms. The number of aromatic nitrogens is 2. The van der Waals surface area contributed by atoms with Gasteiger partial charge in [0.2, 0.25) is 5.95 Å². The molecule has 5 heteroatoms. The summed E-state index contributed by atoms with van der Waals surface area (Å²) in [6.07, 6.45) is 3.44. The van der Waals surface area contributed by atoms with Crippen molar-refractivity contribution in [1.82, 2.24) is 9.97 Å². The first kappa shape index (κ1) is 12.4. The minimum Gasteiger partial charge on any atom is -0.383 e. The zero-order valence-corrected chi connectivity index (χ0v) is 10.8. The Balaban J connectivity index is 2.61. The molecule has 1 unspecified atom stereocenters. The van der Waals surface area contributed by atoms with Crippen LogP contribution in [0.1, 0.15) is 13.8 Å². The van der Waals surface area contributed by atoms with E-state index in [2.05, 4.69) is 45.1 Å². The molecule has 4 nitrogen and oxygen atoms in total. The van der Waals surface area contributed by atoms with E-state index in [1.165, 1.54) is 0 Å². The summed E-state index contributed by atoms with van der Waals surface area (Å²) >= 11 is 3.29. The minimum atomic E-state index is 0.233. The fourth-order valence-electron chi connectivity index (χ4n) is 1.13. The Morgan fingerprint density at radius 2 is 2.00 bits per heavy atom. The zero-order chi connectivity index (χ0) is 11.3. The molecule has 1 N–H and O–H groups in total. The molecule has 0 spiro atoms. The average molecular weight is 274 g/mol.